The van der Waals surface area contributed by atoms with Gasteiger partial charge >= 0.3 is 0 Å². The lowest BCUT2D eigenvalue weighted by atomic mass is 10.0. The number of nitrogens with one attached hydrogen (secondary N) is 1. The van der Waals surface area contributed by atoms with Gasteiger partial charge in [0.15, 0.2) is 5.13 Å². The van der Waals surface area contributed by atoms with E-state index in [0.717, 1.165) is 32.5 Å². The van der Waals surface area contributed by atoms with Crippen LogP contribution in [0.5, 0.6) is 0 Å². The van der Waals surface area contributed by atoms with Crippen LogP contribution in [-0.2, 0) is 14.8 Å². The third kappa shape index (κ3) is 4.61. The van der Waals surface area contributed by atoms with Crippen molar-refractivity contribution in [2.45, 2.75) is 18.1 Å². The highest BCUT2D eigenvalue weighted by Gasteiger charge is 2.25. The summed E-state index contributed by atoms with van der Waals surface area (Å²) in [6, 6.07) is 9.02. The summed E-state index contributed by atoms with van der Waals surface area (Å²) in [4.78, 5) is 16.7. The average Bonchev–Trinajstić information content (AvgIpc) is 3.24. The second kappa shape index (κ2) is 8.30. The van der Waals surface area contributed by atoms with Crippen molar-refractivity contribution in [3.63, 3.8) is 0 Å². The molecular formula is C18H18ClN3O3S3. The number of carbonyl (C=O) groups excluding carboxylic acids is 1. The van der Waals surface area contributed by atoms with E-state index in [0.29, 0.717) is 9.47 Å². The number of aryl methyl sites for hydroxylation is 2. The number of nitrogens with zero attached hydrogens (tertiary/aromatic N) is 2. The Kier molecular flexibility index (Phi) is 6.21. The number of hydrogen-bond donors (Lipinski definition) is 1. The van der Waals surface area contributed by atoms with E-state index in [1.54, 1.807) is 0 Å². The fourth-order valence-corrected chi connectivity index (χ4v) is 6.14. The Hall–Kier alpha value is -1.78. The third-order valence-electron chi connectivity index (χ3n) is 3.99. The average molecular weight is 456 g/mol. The zero-order valence-electron chi connectivity index (χ0n) is 15.4. The number of aromatic nitrogens is 1. The predicted molar refractivity (Wildman–Crippen MR) is 115 cm³/mol. The van der Waals surface area contributed by atoms with Crippen molar-refractivity contribution in [3.8, 4) is 11.3 Å². The molecule has 0 atom stereocenters. The van der Waals surface area contributed by atoms with Gasteiger partial charge in [-0.05, 0) is 31.5 Å². The van der Waals surface area contributed by atoms with Crippen molar-refractivity contribution in [1.29, 1.82) is 0 Å². The number of benzene rings is 1. The van der Waals surface area contributed by atoms with Crippen molar-refractivity contribution in [1.82, 2.24) is 9.29 Å². The molecule has 0 unspecified atom stereocenters. The van der Waals surface area contributed by atoms with Crippen LogP contribution in [-0.4, -0.2) is 37.2 Å². The van der Waals surface area contributed by atoms with Crippen LogP contribution >= 0.6 is 34.3 Å². The van der Waals surface area contributed by atoms with Crippen molar-refractivity contribution in [3.05, 3.63) is 51.2 Å². The van der Waals surface area contributed by atoms with Gasteiger partial charge in [0, 0.05) is 18.0 Å². The number of thiophene rings is 1. The van der Waals surface area contributed by atoms with Crippen LogP contribution in [0.3, 0.4) is 0 Å². The van der Waals surface area contributed by atoms with Gasteiger partial charge in [0.2, 0.25) is 5.91 Å². The van der Waals surface area contributed by atoms with Crippen LogP contribution in [0.1, 0.15) is 11.1 Å². The first-order valence-electron chi connectivity index (χ1n) is 8.21. The third-order valence-corrected chi connectivity index (χ3v) is 8.25. The summed E-state index contributed by atoms with van der Waals surface area (Å²) < 4.78 is 26.4. The molecule has 1 N–H and O–H groups in total. The van der Waals surface area contributed by atoms with Crippen LogP contribution in [0.25, 0.3) is 11.3 Å². The predicted octanol–water partition coefficient (Wildman–Crippen LogP) is 4.40. The standard InChI is InChI=1S/C18H18ClN3O3S3/c1-11-4-5-13(12(2)8-11)14-10-26-18(20-14)21-16(23)9-22(3)28(24,25)17-7-6-15(19)27-17/h4-8,10H,9H2,1-3H3,(H,20,21,23). The van der Waals surface area contributed by atoms with Gasteiger partial charge in [0.05, 0.1) is 16.6 Å². The summed E-state index contributed by atoms with van der Waals surface area (Å²) in [7, 11) is -2.41. The highest BCUT2D eigenvalue weighted by molar-refractivity contribution is 7.91. The molecule has 10 heteroatoms. The summed E-state index contributed by atoms with van der Waals surface area (Å²) in [6.45, 7) is 3.71. The largest absolute Gasteiger partial charge is 0.301 e. The van der Waals surface area contributed by atoms with Crippen molar-refractivity contribution in [2.24, 2.45) is 0 Å². The van der Waals surface area contributed by atoms with E-state index in [2.05, 4.69) is 16.4 Å². The van der Waals surface area contributed by atoms with Gasteiger partial charge < -0.3 is 5.32 Å². The number of hydrogen-bond acceptors (Lipinski definition) is 6. The summed E-state index contributed by atoms with van der Waals surface area (Å²) in [5, 5.41) is 4.95. The molecule has 0 fully saturated rings. The maximum absolute atomic E-state index is 12.5. The summed E-state index contributed by atoms with van der Waals surface area (Å²) in [6.07, 6.45) is 0. The molecule has 3 aromatic rings. The lowest BCUT2D eigenvalue weighted by molar-refractivity contribution is -0.116. The smallest absolute Gasteiger partial charge is 0.252 e. The highest BCUT2D eigenvalue weighted by Crippen LogP contribution is 2.29. The summed E-state index contributed by atoms with van der Waals surface area (Å²) >= 11 is 8.05. The number of amides is 1. The maximum Gasteiger partial charge on any atom is 0.252 e. The Balaban J connectivity index is 1.68. The molecule has 28 heavy (non-hydrogen) atoms. The number of anilines is 1. The van der Waals surface area contributed by atoms with Gasteiger partial charge in [0.1, 0.15) is 4.21 Å². The molecule has 0 radical (unpaired) electrons. The monoisotopic (exact) mass is 455 g/mol. The summed E-state index contributed by atoms with van der Waals surface area (Å²) in [5.74, 6) is -0.463. The van der Waals surface area contributed by atoms with Crippen LogP contribution in [0.4, 0.5) is 5.13 Å². The fourth-order valence-electron chi connectivity index (χ4n) is 2.59. The first kappa shape index (κ1) is 20.9. The SMILES string of the molecule is Cc1ccc(-c2csc(NC(=O)CN(C)S(=O)(=O)c3ccc(Cl)s3)n2)c(C)c1. The molecular weight excluding hydrogens is 438 g/mol. The quantitative estimate of drug-likeness (QED) is 0.597. The molecule has 6 nitrogen and oxygen atoms in total. The van der Waals surface area contributed by atoms with Crippen LogP contribution < -0.4 is 5.32 Å². The van der Waals surface area contributed by atoms with Crippen LogP contribution in [0.15, 0.2) is 39.9 Å². The number of halogens is 1. The number of sulfonamides is 1. The molecule has 0 bridgehead atoms. The van der Waals surface area contributed by atoms with Crippen molar-refractivity contribution in [2.75, 3.05) is 18.9 Å². The van der Waals surface area contributed by atoms with Crippen LogP contribution in [0.2, 0.25) is 4.34 Å². The van der Waals surface area contributed by atoms with Gasteiger partial charge in [-0.3, -0.25) is 4.79 Å². The molecule has 0 saturated heterocycles. The molecule has 2 aromatic heterocycles. The van der Waals surface area contributed by atoms with Crippen molar-refractivity contribution < 1.29 is 13.2 Å². The van der Waals surface area contributed by atoms with E-state index in [1.165, 1.54) is 36.1 Å². The van der Waals surface area contributed by atoms with Gasteiger partial charge in [-0.25, -0.2) is 13.4 Å². The van der Waals surface area contributed by atoms with E-state index >= 15 is 0 Å². The summed E-state index contributed by atoms with van der Waals surface area (Å²) in [5.41, 5.74) is 4.04. The lowest BCUT2D eigenvalue weighted by Gasteiger charge is -2.15. The van der Waals surface area contributed by atoms with Gasteiger partial charge in [-0.2, -0.15) is 4.31 Å². The molecule has 0 aliphatic heterocycles. The molecule has 0 saturated carbocycles. The van der Waals surface area contributed by atoms with E-state index in [-0.39, 0.29) is 10.8 Å². The number of carbonyl (C=O) groups is 1. The van der Waals surface area contributed by atoms with Gasteiger partial charge in [-0.1, -0.05) is 35.4 Å². The molecule has 0 aliphatic carbocycles. The molecule has 0 aliphatic rings. The minimum Gasteiger partial charge on any atom is -0.301 e. The minimum absolute atomic E-state index is 0.0965. The number of likely N-dealkylation sites (N-methyl/N-ethyl adjacent to an activating group) is 1. The Labute approximate surface area is 176 Å². The molecule has 1 aromatic carbocycles. The van der Waals surface area contributed by atoms with E-state index < -0.39 is 15.9 Å². The Morgan fingerprint density at radius 2 is 2.00 bits per heavy atom. The molecule has 0 spiro atoms. The Morgan fingerprint density at radius 1 is 1.25 bits per heavy atom. The zero-order valence-corrected chi connectivity index (χ0v) is 18.6. The number of thiazole rings is 1. The van der Waals surface area contributed by atoms with Crippen molar-refractivity contribution >= 4 is 55.3 Å². The number of rotatable bonds is 6. The topological polar surface area (TPSA) is 79.4 Å². The lowest BCUT2D eigenvalue weighted by Crippen LogP contribution is -2.34. The van der Waals surface area contributed by atoms with E-state index in [1.807, 2.05) is 31.4 Å². The Bertz CT molecular complexity index is 1120. The molecule has 2 heterocycles. The van der Waals surface area contributed by atoms with Gasteiger partial charge in [0.25, 0.3) is 10.0 Å². The Morgan fingerprint density at radius 3 is 2.64 bits per heavy atom. The molecule has 148 valence electrons. The molecule has 1 amide bonds. The highest BCUT2D eigenvalue weighted by atomic mass is 35.5. The second-order valence-corrected chi connectivity index (χ2v) is 11.1. The maximum atomic E-state index is 12.5. The van der Waals surface area contributed by atoms with E-state index in [4.69, 9.17) is 11.6 Å². The minimum atomic E-state index is -3.76. The normalized spacial score (nSPS) is 11.8. The second-order valence-electron chi connectivity index (χ2n) is 6.22. The first-order chi connectivity index (χ1) is 13.2. The zero-order chi connectivity index (χ0) is 20.5. The fraction of sp³-hybridized carbons (Fsp3) is 0.222. The van der Waals surface area contributed by atoms with E-state index in [9.17, 15) is 13.2 Å². The van der Waals surface area contributed by atoms with Crippen LogP contribution in [0, 0.1) is 13.8 Å². The van der Waals surface area contributed by atoms with Gasteiger partial charge in [-0.15, -0.1) is 22.7 Å². The molecule has 3 rings (SSSR count). The first-order valence-corrected chi connectivity index (χ1v) is 11.7.